The Morgan fingerprint density at radius 3 is 2.48 bits per heavy atom. The molecule has 2 heterocycles. The van der Waals surface area contributed by atoms with Crippen LogP contribution in [0.25, 0.3) is 16.6 Å². The number of fused-ring (bicyclic) bond motifs is 1. The van der Waals surface area contributed by atoms with Crippen molar-refractivity contribution < 1.29 is 14.6 Å². The Balaban J connectivity index is 1.82. The van der Waals surface area contributed by atoms with Gasteiger partial charge in [0.15, 0.2) is 0 Å². The number of aromatic nitrogens is 2. The average molecular weight is 393 g/mol. The number of methoxy groups -OCH3 is 2. The third-order valence-electron chi connectivity index (χ3n) is 5.04. The third-order valence-corrected chi connectivity index (χ3v) is 5.04. The van der Waals surface area contributed by atoms with Crippen molar-refractivity contribution in [3.63, 3.8) is 0 Å². The number of para-hydroxylation sites is 2. The minimum absolute atomic E-state index is 0.0706. The van der Waals surface area contributed by atoms with Crippen LogP contribution in [0.2, 0.25) is 0 Å². The lowest BCUT2D eigenvalue weighted by atomic mass is 10.1. The van der Waals surface area contributed by atoms with Crippen LogP contribution in [-0.2, 0) is 0 Å². The van der Waals surface area contributed by atoms with Gasteiger partial charge in [-0.2, -0.15) is 0 Å². The predicted octanol–water partition coefficient (Wildman–Crippen LogP) is 3.06. The number of amidine groups is 1. The summed E-state index contributed by atoms with van der Waals surface area (Å²) in [7, 11) is 3.14. The van der Waals surface area contributed by atoms with Crippen LogP contribution in [0.1, 0.15) is 12.2 Å². The number of aromatic amines is 1. The number of hydrogen-bond acceptors (Lipinski definition) is 6. The van der Waals surface area contributed by atoms with E-state index >= 15 is 0 Å². The Labute approximate surface area is 168 Å². The van der Waals surface area contributed by atoms with Crippen molar-refractivity contribution in [1.82, 2.24) is 9.97 Å². The normalized spacial score (nSPS) is 16.7. The smallest absolute Gasteiger partial charge is 0.145 e. The molecule has 0 amide bonds. The van der Waals surface area contributed by atoms with Crippen LogP contribution >= 0.6 is 0 Å². The molecule has 0 radical (unpaired) electrons. The summed E-state index contributed by atoms with van der Waals surface area (Å²) < 4.78 is 10.7. The molecule has 4 rings (SSSR count). The molecule has 0 spiro atoms. The molecule has 8 nitrogen and oxygen atoms in total. The Morgan fingerprint density at radius 1 is 1.17 bits per heavy atom. The monoisotopic (exact) mass is 393 g/mol. The van der Waals surface area contributed by atoms with Gasteiger partial charge in [0.1, 0.15) is 28.9 Å². The molecule has 0 fully saturated rings. The number of hydrogen-bond donors (Lipinski definition) is 4. The quantitative estimate of drug-likeness (QED) is 0.511. The summed E-state index contributed by atoms with van der Waals surface area (Å²) in [6, 6.07) is 12.5. The van der Waals surface area contributed by atoms with E-state index in [1.807, 2.05) is 24.3 Å². The number of rotatable bonds is 6. The van der Waals surface area contributed by atoms with Crippen molar-refractivity contribution in [2.75, 3.05) is 25.7 Å². The number of imidazole rings is 1. The van der Waals surface area contributed by atoms with Gasteiger partial charge in [0, 0.05) is 18.2 Å². The van der Waals surface area contributed by atoms with Gasteiger partial charge in [-0.1, -0.05) is 12.1 Å². The van der Waals surface area contributed by atoms with Crippen LogP contribution in [-0.4, -0.2) is 47.7 Å². The van der Waals surface area contributed by atoms with E-state index in [2.05, 4.69) is 9.97 Å². The van der Waals surface area contributed by atoms with Crippen LogP contribution in [0.3, 0.4) is 0 Å². The first-order valence-electron chi connectivity index (χ1n) is 9.27. The van der Waals surface area contributed by atoms with Gasteiger partial charge in [-0.05, 0) is 25.1 Å². The van der Waals surface area contributed by atoms with E-state index < -0.39 is 6.04 Å². The molecule has 150 valence electrons. The Morgan fingerprint density at radius 2 is 1.86 bits per heavy atom. The Kier molecular flexibility index (Phi) is 4.85. The van der Waals surface area contributed by atoms with Crippen molar-refractivity contribution in [3.05, 3.63) is 54.0 Å². The van der Waals surface area contributed by atoms with Gasteiger partial charge in [0.2, 0.25) is 0 Å². The molecular formula is C21H23N5O3. The van der Waals surface area contributed by atoms with Crippen molar-refractivity contribution in [1.29, 1.82) is 5.41 Å². The number of aliphatic hydroxyl groups excluding tert-OH is 1. The first kappa shape index (κ1) is 18.8. The highest BCUT2D eigenvalue weighted by Crippen LogP contribution is 2.39. The van der Waals surface area contributed by atoms with E-state index in [4.69, 9.17) is 20.6 Å². The van der Waals surface area contributed by atoms with E-state index in [0.29, 0.717) is 41.5 Å². The molecule has 0 saturated carbocycles. The highest BCUT2D eigenvalue weighted by atomic mass is 16.5. The van der Waals surface area contributed by atoms with E-state index in [0.717, 1.165) is 11.0 Å². The lowest BCUT2D eigenvalue weighted by Gasteiger charge is -2.27. The standard InChI is InChI=1S/C21H23N5O3/c1-28-13-9-12(10-14(11-13)29-2)26-17(7-8-22)19(27)18(20(26)23)21-24-15-5-3-4-6-16(15)25-21/h3-6,9-11,17,23,27H,7-8,22H2,1-2H3,(H,24,25). The summed E-state index contributed by atoms with van der Waals surface area (Å²) in [6.45, 7) is 0.354. The second kappa shape index (κ2) is 7.48. The second-order valence-electron chi connectivity index (χ2n) is 6.75. The van der Waals surface area contributed by atoms with E-state index in [9.17, 15) is 5.11 Å². The van der Waals surface area contributed by atoms with E-state index in [-0.39, 0.29) is 11.6 Å². The van der Waals surface area contributed by atoms with Crippen molar-refractivity contribution in [3.8, 4) is 11.5 Å². The number of nitrogens with two attached hydrogens (primary N) is 1. The van der Waals surface area contributed by atoms with Gasteiger partial charge in [0.05, 0.1) is 42.6 Å². The molecule has 3 aromatic rings. The topological polar surface area (TPSA) is 120 Å². The largest absolute Gasteiger partial charge is 0.509 e. The van der Waals surface area contributed by atoms with E-state index in [1.165, 1.54) is 0 Å². The summed E-state index contributed by atoms with van der Waals surface area (Å²) in [5.74, 6) is 1.84. The molecule has 0 bridgehead atoms. The zero-order chi connectivity index (χ0) is 20.5. The lowest BCUT2D eigenvalue weighted by Crippen LogP contribution is -2.37. The fourth-order valence-corrected chi connectivity index (χ4v) is 3.66. The number of anilines is 1. The number of nitrogens with zero attached hydrogens (tertiary/aromatic N) is 2. The number of ether oxygens (including phenoxy) is 2. The van der Waals surface area contributed by atoms with Gasteiger partial charge >= 0.3 is 0 Å². The number of nitrogens with one attached hydrogen (secondary N) is 2. The summed E-state index contributed by atoms with van der Waals surface area (Å²) in [5.41, 5.74) is 8.45. The number of H-pyrrole nitrogens is 1. The molecule has 1 aliphatic rings. The maximum atomic E-state index is 11.0. The molecule has 8 heteroatoms. The summed E-state index contributed by atoms with van der Waals surface area (Å²) in [4.78, 5) is 9.50. The second-order valence-corrected chi connectivity index (χ2v) is 6.75. The van der Waals surface area contributed by atoms with Crippen LogP contribution < -0.4 is 20.1 Å². The van der Waals surface area contributed by atoms with Crippen LogP contribution in [0.15, 0.2) is 48.2 Å². The summed E-state index contributed by atoms with van der Waals surface area (Å²) in [6.07, 6.45) is 0.470. The summed E-state index contributed by atoms with van der Waals surface area (Å²) in [5, 5.41) is 19.9. The van der Waals surface area contributed by atoms with Gasteiger partial charge < -0.3 is 30.2 Å². The maximum absolute atomic E-state index is 11.0. The van der Waals surface area contributed by atoms with Gasteiger partial charge in [-0.3, -0.25) is 5.41 Å². The fourth-order valence-electron chi connectivity index (χ4n) is 3.66. The van der Waals surface area contributed by atoms with Crippen LogP contribution in [0.4, 0.5) is 5.69 Å². The zero-order valence-corrected chi connectivity index (χ0v) is 16.3. The molecule has 0 aliphatic carbocycles. The first-order valence-corrected chi connectivity index (χ1v) is 9.27. The highest BCUT2D eigenvalue weighted by Gasteiger charge is 2.39. The highest BCUT2D eigenvalue weighted by molar-refractivity contribution is 6.31. The van der Waals surface area contributed by atoms with Gasteiger partial charge in [0.25, 0.3) is 0 Å². The molecule has 1 unspecified atom stereocenters. The van der Waals surface area contributed by atoms with Gasteiger partial charge in [-0.25, -0.2) is 4.98 Å². The minimum Gasteiger partial charge on any atom is -0.509 e. The number of benzene rings is 2. The SMILES string of the molecule is COc1cc(OC)cc(N2C(=N)C(c3nc4ccccc4[nH]3)=C(O)C2CCN)c1. The van der Waals surface area contributed by atoms with Gasteiger partial charge in [-0.15, -0.1) is 0 Å². The molecule has 0 saturated heterocycles. The fraction of sp³-hybridized carbons (Fsp3) is 0.238. The molecule has 1 atom stereocenters. The van der Waals surface area contributed by atoms with Crippen molar-refractivity contribution in [2.24, 2.45) is 5.73 Å². The minimum atomic E-state index is -0.479. The lowest BCUT2D eigenvalue weighted by molar-refractivity contribution is 0.369. The third kappa shape index (κ3) is 3.17. The van der Waals surface area contributed by atoms with Crippen LogP contribution in [0.5, 0.6) is 11.5 Å². The molecule has 29 heavy (non-hydrogen) atoms. The van der Waals surface area contributed by atoms with Crippen molar-refractivity contribution in [2.45, 2.75) is 12.5 Å². The Bertz CT molecular complexity index is 1050. The van der Waals surface area contributed by atoms with Crippen LogP contribution in [0, 0.1) is 5.41 Å². The summed E-state index contributed by atoms with van der Waals surface area (Å²) >= 11 is 0. The molecule has 1 aliphatic heterocycles. The zero-order valence-electron chi connectivity index (χ0n) is 16.3. The molecule has 2 aromatic carbocycles. The first-order chi connectivity index (χ1) is 14.1. The van der Waals surface area contributed by atoms with E-state index in [1.54, 1.807) is 37.3 Å². The van der Waals surface area contributed by atoms with Crippen molar-refractivity contribution >= 4 is 28.1 Å². The number of aliphatic hydroxyl groups is 1. The maximum Gasteiger partial charge on any atom is 0.145 e. The molecule has 5 N–H and O–H groups in total. The molecular weight excluding hydrogens is 370 g/mol. The average Bonchev–Trinajstić information content (AvgIpc) is 3.26. The molecule has 1 aromatic heterocycles. The predicted molar refractivity (Wildman–Crippen MR) is 113 cm³/mol. The Hall–Kier alpha value is -3.52.